The molecule has 4 heterocycles. The number of piperidine rings is 1. The Morgan fingerprint density at radius 3 is 2.85 bits per heavy atom. The molecule has 4 aliphatic rings. The topological polar surface area (TPSA) is 60.4 Å². The maximum atomic E-state index is 12.5. The van der Waals surface area contributed by atoms with E-state index in [1.54, 1.807) is 0 Å². The van der Waals surface area contributed by atoms with Crippen LogP contribution in [0.5, 0.6) is 0 Å². The van der Waals surface area contributed by atoms with E-state index in [0.29, 0.717) is 19.0 Å². The molecular weight excluding hydrogens is 344 g/mol. The van der Waals surface area contributed by atoms with Gasteiger partial charge in [0.25, 0.3) is 11.9 Å². The first-order valence-electron chi connectivity index (χ1n) is 9.99. The minimum Gasteiger partial charge on any atom is -0.448 e. The van der Waals surface area contributed by atoms with Crippen LogP contribution >= 0.6 is 0 Å². The molecule has 5 rings (SSSR count). The molecule has 4 aliphatic heterocycles. The molecule has 0 aliphatic carbocycles. The van der Waals surface area contributed by atoms with Crippen LogP contribution in [-0.4, -0.2) is 48.2 Å². The van der Waals surface area contributed by atoms with E-state index in [0.717, 1.165) is 45.4 Å². The first-order chi connectivity index (χ1) is 13.1. The number of fused-ring (bicyclic) bond motifs is 2. The molecule has 1 spiro atoms. The number of aliphatic imine (C=N–C) groups is 1. The second-order valence-electron chi connectivity index (χ2n) is 8.30. The van der Waals surface area contributed by atoms with Gasteiger partial charge in [0.05, 0.1) is 18.3 Å². The second kappa shape index (κ2) is 6.31. The molecule has 6 heteroatoms. The number of amides is 1. The molecule has 2 unspecified atom stereocenters. The molecule has 0 radical (unpaired) electrons. The van der Waals surface area contributed by atoms with Gasteiger partial charge in [-0.05, 0) is 43.7 Å². The SMILES string of the molecule is CC1(CC2CCCO2)OC(N2CCC3(CC2)OCc2ccccc23)=NC1=O. The molecule has 1 aromatic rings. The number of amidine groups is 1. The second-order valence-corrected chi connectivity index (χ2v) is 8.30. The number of hydrogen-bond acceptors (Lipinski definition) is 5. The Bertz CT molecular complexity index is 778. The van der Waals surface area contributed by atoms with Crippen molar-refractivity contribution in [3.8, 4) is 0 Å². The monoisotopic (exact) mass is 370 g/mol. The Morgan fingerprint density at radius 2 is 2.07 bits per heavy atom. The minimum atomic E-state index is -0.893. The third-order valence-electron chi connectivity index (χ3n) is 6.46. The molecule has 6 nitrogen and oxygen atoms in total. The van der Waals surface area contributed by atoms with E-state index in [9.17, 15) is 4.79 Å². The van der Waals surface area contributed by atoms with Gasteiger partial charge in [-0.2, -0.15) is 4.99 Å². The van der Waals surface area contributed by atoms with Gasteiger partial charge in [-0.3, -0.25) is 4.79 Å². The summed E-state index contributed by atoms with van der Waals surface area (Å²) >= 11 is 0. The number of rotatable bonds is 2. The molecular formula is C21H26N2O4. The maximum absolute atomic E-state index is 12.5. The first-order valence-corrected chi connectivity index (χ1v) is 9.99. The number of nitrogens with zero attached hydrogens (tertiary/aromatic N) is 2. The van der Waals surface area contributed by atoms with Crippen molar-refractivity contribution in [2.24, 2.45) is 4.99 Å². The zero-order valence-electron chi connectivity index (χ0n) is 15.8. The van der Waals surface area contributed by atoms with Gasteiger partial charge < -0.3 is 19.1 Å². The Labute approximate surface area is 159 Å². The van der Waals surface area contributed by atoms with E-state index < -0.39 is 5.60 Å². The van der Waals surface area contributed by atoms with Crippen LogP contribution in [0.15, 0.2) is 29.3 Å². The normalized spacial score (nSPS) is 31.9. The average Bonchev–Trinajstić information content (AvgIpc) is 3.37. The van der Waals surface area contributed by atoms with Crippen molar-refractivity contribution in [2.45, 2.75) is 62.9 Å². The van der Waals surface area contributed by atoms with Crippen LogP contribution in [0.4, 0.5) is 0 Å². The van der Waals surface area contributed by atoms with Crippen molar-refractivity contribution in [3.05, 3.63) is 35.4 Å². The third kappa shape index (κ3) is 2.86. The predicted octanol–water partition coefficient (Wildman–Crippen LogP) is 2.75. The molecule has 2 atom stereocenters. The Morgan fingerprint density at radius 1 is 1.26 bits per heavy atom. The van der Waals surface area contributed by atoms with Gasteiger partial charge in [-0.1, -0.05) is 24.3 Å². The van der Waals surface area contributed by atoms with E-state index in [4.69, 9.17) is 14.2 Å². The third-order valence-corrected chi connectivity index (χ3v) is 6.46. The molecule has 1 amide bonds. The lowest BCUT2D eigenvalue weighted by atomic mass is 9.84. The van der Waals surface area contributed by atoms with Gasteiger partial charge in [0.1, 0.15) is 0 Å². The number of benzene rings is 1. The molecule has 1 aromatic carbocycles. The van der Waals surface area contributed by atoms with Crippen molar-refractivity contribution in [1.82, 2.24) is 4.90 Å². The number of carbonyl (C=O) groups is 1. The zero-order chi connectivity index (χ0) is 18.5. The van der Waals surface area contributed by atoms with Crippen molar-refractivity contribution >= 4 is 11.9 Å². The van der Waals surface area contributed by atoms with Crippen molar-refractivity contribution in [1.29, 1.82) is 0 Å². The summed E-state index contributed by atoms with van der Waals surface area (Å²) in [5.41, 5.74) is 1.52. The fraction of sp³-hybridized carbons (Fsp3) is 0.619. The summed E-state index contributed by atoms with van der Waals surface area (Å²) in [6.45, 7) is 4.85. The first kappa shape index (κ1) is 17.2. The van der Waals surface area contributed by atoms with Gasteiger partial charge in [0.2, 0.25) is 0 Å². The lowest BCUT2D eigenvalue weighted by molar-refractivity contribution is -0.132. The molecule has 0 aromatic heterocycles. The van der Waals surface area contributed by atoms with Crippen molar-refractivity contribution in [3.63, 3.8) is 0 Å². The smallest absolute Gasteiger partial charge is 0.296 e. The maximum Gasteiger partial charge on any atom is 0.296 e. The lowest BCUT2D eigenvalue weighted by Crippen LogP contribution is -2.47. The summed E-state index contributed by atoms with van der Waals surface area (Å²) in [4.78, 5) is 18.9. The highest BCUT2D eigenvalue weighted by Crippen LogP contribution is 2.44. The molecule has 0 N–H and O–H groups in total. The summed E-state index contributed by atoms with van der Waals surface area (Å²) in [6, 6.07) is 8.96. The predicted molar refractivity (Wildman–Crippen MR) is 99.2 cm³/mol. The van der Waals surface area contributed by atoms with Crippen LogP contribution in [-0.2, 0) is 31.2 Å². The minimum absolute atomic E-state index is 0.0986. The van der Waals surface area contributed by atoms with Crippen LogP contribution in [0, 0.1) is 0 Å². The Kier molecular flexibility index (Phi) is 4.02. The van der Waals surface area contributed by atoms with Crippen LogP contribution in [0.25, 0.3) is 0 Å². The van der Waals surface area contributed by atoms with Crippen LogP contribution in [0.2, 0.25) is 0 Å². The zero-order valence-corrected chi connectivity index (χ0v) is 15.8. The number of likely N-dealkylation sites (tertiary alicyclic amines) is 1. The summed E-state index contributed by atoms with van der Waals surface area (Å²) < 4.78 is 18.0. The summed E-state index contributed by atoms with van der Waals surface area (Å²) in [5.74, 6) is -0.184. The number of hydrogen-bond donors (Lipinski definition) is 0. The largest absolute Gasteiger partial charge is 0.448 e. The van der Waals surface area contributed by atoms with Gasteiger partial charge >= 0.3 is 0 Å². The van der Waals surface area contributed by atoms with Gasteiger partial charge in [-0.25, -0.2) is 0 Å². The highest BCUT2D eigenvalue weighted by molar-refractivity contribution is 6.01. The number of ether oxygens (including phenoxy) is 3. The molecule has 27 heavy (non-hydrogen) atoms. The standard InChI is InChI=1S/C21H26N2O4/c1-20(13-16-6-4-12-25-16)18(24)22-19(27-20)23-10-8-21(9-11-23)17-7-3-2-5-15(17)14-26-21/h2-3,5,7,16H,4,6,8-14H2,1H3. The molecule has 2 fully saturated rings. The van der Waals surface area contributed by atoms with Gasteiger partial charge in [0.15, 0.2) is 5.60 Å². The van der Waals surface area contributed by atoms with E-state index in [1.165, 1.54) is 11.1 Å². The molecule has 144 valence electrons. The molecule has 2 saturated heterocycles. The highest BCUT2D eigenvalue weighted by atomic mass is 16.5. The molecule has 0 bridgehead atoms. The Hall–Kier alpha value is -1.92. The van der Waals surface area contributed by atoms with E-state index in [1.807, 2.05) is 6.92 Å². The summed E-state index contributed by atoms with van der Waals surface area (Å²) in [6.07, 6.45) is 4.48. The molecule has 0 saturated carbocycles. The van der Waals surface area contributed by atoms with E-state index in [2.05, 4.69) is 34.2 Å². The summed E-state index contributed by atoms with van der Waals surface area (Å²) in [5, 5.41) is 0. The van der Waals surface area contributed by atoms with Crippen LogP contribution < -0.4 is 0 Å². The fourth-order valence-electron chi connectivity index (χ4n) is 4.83. The fourth-order valence-corrected chi connectivity index (χ4v) is 4.83. The lowest BCUT2D eigenvalue weighted by Gasteiger charge is -2.40. The number of carbonyl (C=O) groups excluding carboxylic acids is 1. The Balaban J connectivity index is 1.25. The van der Waals surface area contributed by atoms with E-state index in [-0.39, 0.29) is 17.6 Å². The van der Waals surface area contributed by atoms with Gasteiger partial charge in [-0.15, -0.1) is 0 Å². The summed E-state index contributed by atoms with van der Waals surface area (Å²) in [7, 11) is 0. The quantitative estimate of drug-likeness (QED) is 0.801. The average molecular weight is 370 g/mol. The van der Waals surface area contributed by atoms with E-state index >= 15 is 0 Å². The van der Waals surface area contributed by atoms with Crippen LogP contribution in [0.1, 0.15) is 50.2 Å². The van der Waals surface area contributed by atoms with Gasteiger partial charge in [0, 0.05) is 26.1 Å². The van der Waals surface area contributed by atoms with Crippen molar-refractivity contribution < 1.29 is 19.0 Å². The van der Waals surface area contributed by atoms with Crippen LogP contribution in [0.3, 0.4) is 0 Å². The van der Waals surface area contributed by atoms with Crippen molar-refractivity contribution in [2.75, 3.05) is 19.7 Å². The highest BCUT2D eigenvalue weighted by Gasteiger charge is 2.48.